The molecule has 0 spiro atoms. The van der Waals surface area contributed by atoms with Gasteiger partial charge in [-0.15, -0.1) is 0 Å². The Balaban J connectivity index is 2.14. The van der Waals surface area contributed by atoms with E-state index in [4.69, 9.17) is 0 Å². The Morgan fingerprint density at radius 1 is 0.773 bits per heavy atom. The standard InChI is InChI=1S/C18H11NO2.Al/c20-17-15-10-14(11-6-2-1-3-7-11)12-8-4-5-9-13(12)16(15)19-18(17)21;/h1-10H,(H,19,20,21);/q;+1/p-1. The van der Waals surface area contributed by atoms with E-state index >= 15 is 0 Å². The topological polar surface area (TPSA) is 37.4 Å². The van der Waals surface area contributed by atoms with Gasteiger partial charge in [-0.3, -0.25) is 9.59 Å². The molecule has 1 amide bonds. The number of carbonyl (C=O) groups excluding carboxylic acids is 2. The van der Waals surface area contributed by atoms with Gasteiger partial charge in [0.05, 0.1) is 5.56 Å². The van der Waals surface area contributed by atoms with E-state index in [0.29, 0.717) is 11.3 Å². The van der Waals surface area contributed by atoms with Crippen molar-refractivity contribution in [2.45, 2.75) is 0 Å². The normalized spacial score (nSPS) is 13.7. The molecule has 3 aromatic rings. The Labute approximate surface area is 135 Å². The van der Waals surface area contributed by atoms with E-state index in [0.717, 1.165) is 21.9 Å². The van der Waals surface area contributed by atoms with Gasteiger partial charge >= 0.3 is 16.5 Å². The summed E-state index contributed by atoms with van der Waals surface area (Å²) in [4.78, 5) is 24.2. The second kappa shape index (κ2) is 4.81. The minimum atomic E-state index is -0.504. The van der Waals surface area contributed by atoms with Crippen molar-refractivity contribution < 1.29 is 9.59 Å². The summed E-state index contributed by atoms with van der Waals surface area (Å²) in [6, 6.07) is 19.6. The zero-order chi connectivity index (χ0) is 15.3. The molecular formula is C18H10AlNO2. The zero-order valence-electron chi connectivity index (χ0n) is 11.6. The monoisotopic (exact) mass is 299 g/mol. The summed E-state index contributed by atoms with van der Waals surface area (Å²) < 4.78 is 1.37. The zero-order valence-corrected chi connectivity index (χ0v) is 12.8. The van der Waals surface area contributed by atoms with Crippen molar-refractivity contribution in [3.05, 3.63) is 66.2 Å². The van der Waals surface area contributed by atoms with Crippen molar-refractivity contribution in [1.82, 2.24) is 0 Å². The van der Waals surface area contributed by atoms with Gasteiger partial charge in [-0.2, -0.15) is 0 Å². The summed E-state index contributed by atoms with van der Waals surface area (Å²) in [5.41, 5.74) is 3.15. The molecule has 0 saturated heterocycles. The van der Waals surface area contributed by atoms with Gasteiger partial charge in [0.15, 0.2) is 0 Å². The van der Waals surface area contributed by atoms with Gasteiger partial charge < -0.3 is 3.88 Å². The SMILES string of the molecule is O=C1C(=O)[N]([Al])c2c1cc(-c1ccccc1)c1ccccc21. The van der Waals surface area contributed by atoms with Crippen LogP contribution < -0.4 is 3.88 Å². The predicted molar refractivity (Wildman–Crippen MR) is 87.0 cm³/mol. The van der Waals surface area contributed by atoms with Gasteiger partial charge in [-0.05, 0) is 22.6 Å². The van der Waals surface area contributed by atoms with E-state index in [1.807, 2.05) is 60.7 Å². The van der Waals surface area contributed by atoms with Crippen molar-refractivity contribution in [3.63, 3.8) is 0 Å². The summed E-state index contributed by atoms with van der Waals surface area (Å²) in [5.74, 6) is -0.955. The van der Waals surface area contributed by atoms with Crippen molar-refractivity contribution in [2.75, 3.05) is 3.88 Å². The molecule has 0 saturated carbocycles. The molecule has 4 rings (SSSR count). The number of amides is 1. The highest BCUT2D eigenvalue weighted by molar-refractivity contribution is 6.61. The Morgan fingerprint density at radius 3 is 2.14 bits per heavy atom. The molecule has 4 heteroatoms. The average Bonchev–Trinajstić information content (AvgIpc) is 2.79. The average molecular weight is 299 g/mol. The van der Waals surface area contributed by atoms with E-state index in [9.17, 15) is 9.59 Å². The lowest BCUT2D eigenvalue weighted by Gasteiger charge is -2.16. The summed E-state index contributed by atoms with van der Waals surface area (Å²) in [6.07, 6.45) is 0. The van der Waals surface area contributed by atoms with Gasteiger partial charge in [0.1, 0.15) is 0 Å². The smallest absolute Gasteiger partial charge is 0.323 e. The maximum atomic E-state index is 12.2. The Morgan fingerprint density at radius 2 is 1.41 bits per heavy atom. The number of benzene rings is 3. The van der Waals surface area contributed by atoms with Crippen LogP contribution in [0.25, 0.3) is 21.9 Å². The number of hydrogen-bond donors (Lipinski definition) is 0. The molecule has 3 aromatic carbocycles. The number of carbonyl (C=O) groups is 2. The van der Waals surface area contributed by atoms with Crippen LogP contribution in [0.1, 0.15) is 10.4 Å². The first-order chi connectivity index (χ1) is 10.7. The number of anilines is 1. The summed E-state index contributed by atoms with van der Waals surface area (Å²) in [6.45, 7) is 0. The second-order valence-electron chi connectivity index (χ2n) is 5.24. The van der Waals surface area contributed by atoms with Crippen molar-refractivity contribution in [3.8, 4) is 11.1 Å². The van der Waals surface area contributed by atoms with E-state index in [-0.39, 0.29) is 0 Å². The quantitative estimate of drug-likeness (QED) is 0.511. The number of nitrogens with zero attached hydrogens (tertiary/aromatic N) is 1. The van der Waals surface area contributed by atoms with Gasteiger partial charge in [0.2, 0.25) is 5.78 Å². The highest BCUT2D eigenvalue weighted by atomic mass is 27.1. The molecular weight excluding hydrogens is 289 g/mol. The molecule has 0 aromatic heterocycles. The lowest BCUT2D eigenvalue weighted by atomic mass is 9.94. The minimum absolute atomic E-state index is 0.451. The van der Waals surface area contributed by atoms with Crippen LogP contribution in [0.15, 0.2) is 60.7 Å². The van der Waals surface area contributed by atoms with E-state index in [1.165, 1.54) is 3.88 Å². The van der Waals surface area contributed by atoms with Crippen LogP contribution >= 0.6 is 0 Å². The Hall–Kier alpha value is -2.41. The van der Waals surface area contributed by atoms with Gasteiger partial charge in [-0.25, -0.2) is 0 Å². The van der Waals surface area contributed by atoms with Gasteiger partial charge in [0, 0.05) is 11.1 Å². The fourth-order valence-electron chi connectivity index (χ4n) is 2.98. The molecule has 22 heavy (non-hydrogen) atoms. The predicted octanol–water partition coefficient (Wildman–Crippen LogP) is 3.12. The third-order valence-corrected chi connectivity index (χ3v) is 4.49. The molecule has 102 valence electrons. The van der Waals surface area contributed by atoms with E-state index in [2.05, 4.69) is 16.5 Å². The third-order valence-electron chi connectivity index (χ3n) is 4.00. The first-order valence-electron chi connectivity index (χ1n) is 6.93. The Bertz CT molecular complexity index is 934. The highest BCUT2D eigenvalue weighted by Gasteiger charge is 2.34. The van der Waals surface area contributed by atoms with Crippen molar-refractivity contribution >= 4 is 44.7 Å². The second-order valence-corrected chi connectivity index (χ2v) is 5.75. The molecule has 0 aliphatic carbocycles. The fraction of sp³-hybridized carbons (Fsp3) is 0. The van der Waals surface area contributed by atoms with E-state index in [1.54, 1.807) is 0 Å². The van der Waals surface area contributed by atoms with Crippen LogP contribution in [0, 0.1) is 0 Å². The minimum Gasteiger partial charge on any atom is -0.417 e. The molecule has 0 bridgehead atoms. The summed E-state index contributed by atoms with van der Waals surface area (Å²) >= 11 is 2.34. The van der Waals surface area contributed by atoms with Crippen LogP contribution in [-0.4, -0.2) is 28.2 Å². The molecule has 1 aliphatic rings. The number of rotatable bonds is 1. The molecule has 2 radical (unpaired) electrons. The Kier molecular flexibility index (Phi) is 2.90. The fourth-order valence-corrected chi connectivity index (χ4v) is 3.37. The lowest BCUT2D eigenvalue weighted by molar-refractivity contribution is -0.113. The van der Waals surface area contributed by atoms with Gasteiger partial charge in [-0.1, -0.05) is 54.6 Å². The number of ketones is 1. The number of fused-ring (bicyclic) bond motifs is 3. The molecule has 0 fully saturated rings. The number of Topliss-reactive ketones (excluding diaryl/α,β-unsaturated/α-hetero) is 1. The van der Waals surface area contributed by atoms with Crippen LogP contribution in [0.5, 0.6) is 0 Å². The number of hydrogen-bond acceptors (Lipinski definition) is 2. The maximum absolute atomic E-state index is 12.2. The van der Waals surface area contributed by atoms with Crippen LogP contribution in [0.4, 0.5) is 5.69 Å². The first-order valence-corrected chi connectivity index (χ1v) is 7.45. The van der Waals surface area contributed by atoms with Crippen molar-refractivity contribution in [2.24, 2.45) is 0 Å². The molecule has 3 nitrogen and oxygen atoms in total. The van der Waals surface area contributed by atoms with Crippen molar-refractivity contribution in [1.29, 1.82) is 0 Å². The van der Waals surface area contributed by atoms with Crippen LogP contribution in [0.3, 0.4) is 0 Å². The van der Waals surface area contributed by atoms with Gasteiger partial charge in [0.25, 0.3) is 5.91 Å². The van der Waals surface area contributed by atoms with Crippen LogP contribution in [0.2, 0.25) is 0 Å². The summed E-state index contributed by atoms with van der Waals surface area (Å²) in [5, 5.41) is 1.94. The maximum Gasteiger partial charge on any atom is 0.323 e. The van der Waals surface area contributed by atoms with Crippen LogP contribution in [-0.2, 0) is 4.79 Å². The molecule has 1 aliphatic heterocycles. The molecule has 0 unspecified atom stereocenters. The highest BCUT2D eigenvalue weighted by Crippen LogP contribution is 2.40. The molecule has 0 atom stereocenters. The lowest BCUT2D eigenvalue weighted by Crippen LogP contribution is -2.26. The first kappa shape index (κ1) is 13.3. The third kappa shape index (κ3) is 1.75. The molecule has 1 heterocycles. The largest absolute Gasteiger partial charge is 0.417 e. The van der Waals surface area contributed by atoms with E-state index < -0.39 is 11.7 Å². The summed E-state index contributed by atoms with van der Waals surface area (Å²) in [7, 11) is 0. The molecule has 0 N–H and O–H groups in total.